The van der Waals surface area contributed by atoms with Crippen LogP contribution in [0.3, 0.4) is 0 Å². The molecule has 1 unspecified atom stereocenters. The van der Waals surface area contributed by atoms with E-state index < -0.39 is 0 Å². The number of imide groups is 1. The van der Waals surface area contributed by atoms with Crippen LogP contribution in [0, 0.1) is 6.92 Å². The molecule has 18 heavy (non-hydrogen) atoms. The van der Waals surface area contributed by atoms with Crippen molar-refractivity contribution in [2.75, 3.05) is 0 Å². The normalized spacial score (nSPS) is 20.2. The molecule has 1 fully saturated rings. The number of hydrogen-bond acceptors (Lipinski definition) is 3. The first-order valence-corrected chi connectivity index (χ1v) is 5.81. The summed E-state index contributed by atoms with van der Waals surface area (Å²) in [5, 5.41) is 9.40. The standard InChI is InChI=1S/C13H15N3O2/c1-3-4-5-9-8(2)15-16-12(9)10-6-7-11(17)14-13(10)18/h3-5,10H,1,6-7H2,2H3,(H,15,16)(H,14,17,18)/b5-4-. The largest absolute Gasteiger partial charge is 0.296 e. The summed E-state index contributed by atoms with van der Waals surface area (Å²) in [6.45, 7) is 5.51. The lowest BCUT2D eigenvalue weighted by atomic mass is 9.91. The maximum atomic E-state index is 11.8. The summed E-state index contributed by atoms with van der Waals surface area (Å²) in [5.74, 6) is -0.852. The van der Waals surface area contributed by atoms with Crippen LogP contribution in [0.4, 0.5) is 0 Å². The lowest BCUT2D eigenvalue weighted by Gasteiger charge is -2.19. The quantitative estimate of drug-likeness (QED) is 0.625. The van der Waals surface area contributed by atoms with E-state index in [1.165, 1.54) is 0 Å². The molecule has 1 aromatic rings. The third-order valence-corrected chi connectivity index (χ3v) is 2.99. The number of H-pyrrole nitrogens is 1. The maximum absolute atomic E-state index is 11.8. The Bertz CT molecular complexity index is 528. The summed E-state index contributed by atoms with van der Waals surface area (Å²) in [6, 6.07) is 0. The molecule has 2 rings (SSSR count). The Morgan fingerprint density at radius 3 is 2.89 bits per heavy atom. The van der Waals surface area contributed by atoms with Crippen molar-refractivity contribution in [1.29, 1.82) is 0 Å². The van der Waals surface area contributed by atoms with Crippen LogP contribution in [-0.2, 0) is 9.59 Å². The number of hydrogen-bond donors (Lipinski definition) is 2. The zero-order chi connectivity index (χ0) is 13.1. The van der Waals surface area contributed by atoms with Crippen LogP contribution in [0.2, 0.25) is 0 Å². The monoisotopic (exact) mass is 245 g/mol. The van der Waals surface area contributed by atoms with E-state index in [2.05, 4.69) is 22.1 Å². The van der Waals surface area contributed by atoms with Gasteiger partial charge in [0.05, 0.1) is 11.6 Å². The van der Waals surface area contributed by atoms with Crippen LogP contribution in [0.5, 0.6) is 0 Å². The molecular weight excluding hydrogens is 230 g/mol. The number of rotatable bonds is 3. The Kier molecular flexibility index (Phi) is 3.41. The van der Waals surface area contributed by atoms with Crippen LogP contribution < -0.4 is 5.32 Å². The fraction of sp³-hybridized carbons (Fsp3) is 0.308. The van der Waals surface area contributed by atoms with Crippen molar-refractivity contribution < 1.29 is 9.59 Å². The fourth-order valence-corrected chi connectivity index (χ4v) is 2.05. The molecule has 0 aromatic carbocycles. The van der Waals surface area contributed by atoms with Gasteiger partial charge in [0, 0.05) is 17.7 Å². The van der Waals surface area contributed by atoms with Crippen molar-refractivity contribution in [3.8, 4) is 0 Å². The van der Waals surface area contributed by atoms with Crippen LogP contribution in [0.15, 0.2) is 18.7 Å². The number of nitrogens with zero attached hydrogens (tertiary/aromatic N) is 1. The first kappa shape index (κ1) is 12.3. The summed E-state index contributed by atoms with van der Waals surface area (Å²) in [7, 11) is 0. The van der Waals surface area contributed by atoms with Crippen LogP contribution in [-0.4, -0.2) is 22.0 Å². The Morgan fingerprint density at radius 1 is 1.44 bits per heavy atom. The molecule has 0 spiro atoms. The van der Waals surface area contributed by atoms with Crippen LogP contribution >= 0.6 is 0 Å². The van der Waals surface area contributed by atoms with Crippen LogP contribution in [0.1, 0.15) is 35.7 Å². The molecule has 5 nitrogen and oxygen atoms in total. The van der Waals surface area contributed by atoms with Crippen LogP contribution in [0.25, 0.3) is 6.08 Å². The van der Waals surface area contributed by atoms with E-state index in [4.69, 9.17) is 0 Å². The Morgan fingerprint density at radius 2 is 2.22 bits per heavy atom. The number of allylic oxidation sites excluding steroid dienone is 2. The van der Waals surface area contributed by atoms with Gasteiger partial charge in [-0.05, 0) is 13.3 Å². The average molecular weight is 245 g/mol. The first-order valence-electron chi connectivity index (χ1n) is 5.81. The zero-order valence-electron chi connectivity index (χ0n) is 10.2. The van der Waals surface area contributed by atoms with Crippen molar-refractivity contribution in [2.45, 2.75) is 25.7 Å². The number of aryl methyl sites for hydroxylation is 1. The summed E-state index contributed by atoms with van der Waals surface area (Å²) < 4.78 is 0. The van der Waals surface area contributed by atoms with E-state index in [-0.39, 0.29) is 17.7 Å². The Balaban J connectivity index is 2.33. The Labute approximate surface area is 105 Å². The summed E-state index contributed by atoms with van der Waals surface area (Å²) in [6.07, 6.45) is 6.19. The smallest absolute Gasteiger partial charge is 0.235 e. The molecule has 0 aliphatic carbocycles. The third kappa shape index (κ3) is 2.25. The van der Waals surface area contributed by atoms with Gasteiger partial charge in [0.15, 0.2) is 0 Å². The van der Waals surface area contributed by atoms with E-state index in [0.29, 0.717) is 18.5 Å². The second kappa shape index (κ2) is 5.00. The summed E-state index contributed by atoms with van der Waals surface area (Å²) in [5.41, 5.74) is 2.48. The van der Waals surface area contributed by atoms with Crippen molar-refractivity contribution >= 4 is 17.9 Å². The van der Waals surface area contributed by atoms with Gasteiger partial charge in [-0.3, -0.25) is 20.0 Å². The average Bonchev–Trinajstić information content (AvgIpc) is 2.68. The van der Waals surface area contributed by atoms with Crippen molar-refractivity contribution in [3.63, 3.8) is 0 Å². The highest BCUT2D eigenvalue weighted by Gasteiger charge is 2.31. The molecule has 1 aliphatic heterocycles. The fourth-order valence-electron chi connectivity index (χ4n) is 2.05. The molecule has 94 valence electrons. The molecule has 1 saturated heterocycles. The highest BCUT2D eigenvalue weighted by atomic mass is 16.2. The molecule has 0 radical (unpaired) electrons. The van der Waals surface area contributed by atoms with E-state index in [9.17, 15) is 9.59 Å². The SMILES string of the molecule is C=C/C=C\c1c(C2CCC(=O)NC2=O)n[nH]c1C. The van der Waals surface area contributed by atoms with E-state index in [1.807, 2.05) is 13.0 Å². The molecule has 0 bridgehead atoms. The minimum Gasteiger partial charge on any atom is -0.296 e. The minimum atomic E-state index is -0.364. The molecule has 2 heterocycles. The van der Waals surface area contributed by atoms with Gasteiger partial charge < -0.3 is 0 Å². The number of aromatic nitrogens is 2. The maximum Gasteiger partial charge on any atom is 0.235 e. The van der Waals surface area contributed by atoms with Gasteiger partial charge in [-0.15, -0.1) is 0 Å². The number of amides is 2. The molecule has 5 heteroatoms. The number of carbonyl (C=O) groups excluding carboxylic acids is 2. The highest BCUT2D eigenvalue weighted by Crippen LogP contribution is 2.28. The number of nitrogens with one attached hydrogen (secondary N) is 2. The summed E-state index contributed by atoms with van der Waals surface area (Å²) in [4.78, 5) is 22.9. The van der Waals surface area contributed by atoms with E-state index in [1.54, 1.807) is 12.2 Å². The Hall–Kier alpha value is -2.17. The molecule has 0 saturated carbocycles. The van der Waals surface area contributed by atoms with E-state index >= 15 is 0 Å². The first-order chi connectivity index (χ1) is 8.63. The van der Waals surface area contributed by atoms with E-state index in [0.717, 1.165) is 11.3 Å². The zero-order valence-corrected chi connectivity index (χ0v) is 10.2. The predicted molar refractivity (Wildman–Crippen MR) is 67.7 cm³/mol. The third-order valence-electron chi connectivity index (χ3n) is 2.99. The van der Waals surface area contributed by atoms with Crippen molar-refractivity contribution in [1.82, 2.24) is 15.5 Å². The number of aromatic amines is 1. The molecular formula is C13H15N3O2. The van der Waals surface area contributed by atoms with Gasteiger partial charge >= 0.3 is 0 Å². The second-order valence-corrected chi connectivity index (χ2v) is 4.25. The number of piperidine rings is 1. The van der Waals surface area contributed by atoms with Gasteiger partial charge in [-0.1, -0.05) is 24.8 Å². The minimum absolute atomic E-state index is 0.216. The van der Waals surface area contributed by atoms with Gasteiger partial charge in [-0.2, -0.15) is 5.10 Å². The lowest BCUT2D eigenvalue weighted by Crippen LogP contribution is -2.39. The molecule has 1 aromatic heterocycles. The van der Waals surface area contributed by atoms with Crippen molar-refractivity contribution in [3.05, 3.63) is 35.7 Å². The topological polar surface area (TPSA) is 74.8 Å². The second-order valence-electron chi connectivity index (χ2n) is 4.25. The predicted octanol–water partition coefficient (Wildman–Crippen LogP) is 1.44. The molecule has 1 atom stereocenters. The molecule has 2 amide bonds. The molecule has 2 N–H and O–H groups in total. The lowest BCUT2D eigenvalue weighted by molar-refractivity contribution is -0.134. The highest BCUT2D eigenvalue weighted by molar-refractivity contribution is 6.01. The van der Waals surface area contributed by atoms with Crippen molar-refractivity contribution in [2.24, 2.45) is 0 Å². The van der Waals surface area contributed by atoms with Gasteiger partial charge in [-0.25, -0.2) is 0 Å². The van der Waals surface area contributed by atoms with Gasteiger partial charge in [0.2, 0.25) is 11.8 Å². The molecule has 1 aliphatic rings. The van der Waals surface area contributed by atoms with Gasteiger partial charge in [0.25, 0.3) is 0 Å². The summed E-state index contributed by atoms with van der Waals surface area (Å²) >= 11 is 0. The van der Waals surface area contributed by atoms with Gasteiger partial charge in [0.1, 0.15) is 0 Å². The number of carbonyl (C=O) groups is 2.